The van der Waals surface area contributed by atoms with Gasteiger partial charge in [0.2, 0.25) is 0 Å². The van der Waals surface area contributed by atoms with E-state index in [2.05, 4.69) is 31.4 Å². The van der Waals surface area contributed by atoms with Crippen molar-refractivity contribution in [1.82, 2.24) is 10.6 Å². The Balaban J connectivity index is 2.69. The third-order valence-electron chi connectivity index (χ3n) is 2.37. The number of urea groups is 1. The van der Waals surface area contributed by atoms with E-state index < -0.39 is 0 Å². The summed E-state index contributed by atoms with van der Waals surface area (Å²) in [6, 6.07) is 3.73. The SMILES string of the molecule is CC(C)(C)C(NC(=O)NCCO)c1cccs1. The molecule has 5 heteroatoms. The van der Waals surface area contributed by atoms with Gasteiger partial charge in [-0.25, -0.2) is 4.79 Å². The Bertz CT molecular complexity index is 344. The smallest absolute Gasteiger partial charge is 0.315 e. The zero-order valence-corrected chi connectivity index (χ0v) is 11.3. The quantitative estimate of drug-likeness (QED) is 0.773. The highest BCUT2D eigenvalue weighted by Gasteiger charge is 2.28. The summed E-state index contributed by atoms with van der Waals surface area (Å²) in [6.07, 6.45) is 0. The third-order valence-corrected chi connectivity index (χ3v) is 3.30. The molecule has 17 heavy (non-hydrogen) atoms. The number of amides is 2. The first kappa shape index (κ1) is 14.0. The van der Waals surface area contributed by atoms with Gasteiger partial charge < -0.3 is 15.7 Å². The van der Waals surface area contributed by atoms with E-state index in [0.717, 1.165) is 4.88 Å². The van der Waals surface area contributed by atoms with Crippen LogP contribution in [0.2, 0.25) is 0 Å². The Kier molecular flexibility index (Phi) is 4.96. The second-order valence-electron chi connectivity index (χ2n) is 4.94. The minimum atomic E-state index is -0.243. The molecule has 1 aromatic heterocycles. The number of carbonyl (C=O) groups is 1. The number of aliphatic hydroxyl groups excluding tert-OH is 1. The molecule has 1 atom stereocenters. The lowest BCUT2D eigenvalue weighted by atomic mass is 9.86. The van der Waals surface area contributed by atoms with Crippen LogP contribution in [0.25, 0.3) is 0 Å². The van der Waals surface area contributed by atoms with Crippen molar-refractivity contribution in [2.24, 2.45) is 5.41 Å². The normalized spacial score (nSPS) is 13.2. The Hall–Kier alpha value is -1.07. The molecule has 0 saturated heterocycles. The number of thiophene rings is 1. The molecule has 96 valence electrons. The van der Waals surface area contributed by atoms with Gasteiger partial charge in [0, 0.05) is 11.4 Å². The second-order valence-corrected chi connectivity index (χ2v) is 5.92. The highest BCUT2D eigenvalue weighted by atomic mass is 32.1. The van der Waals surface area contributed by atoms with Gasteiger partial charge in [-0.3, -0.25) is 0 Å². The van der Waals surface area contributed by atoms with E-state index in [-0.39, 0.29) is 30.6 Å². The highest BCUT2D eigenvalue weighted by molar-refractivity contribution is 7.10. The van der Waals surface area contributed by atoms with Crippen LogP contribution in [-0.4, -0.2) is 24.3 Å². The summed E-state index contributed by atoms with van der Waals surface area (Å²) in [7, 11) is 0. The number of aliphatic hydroxyl groups is 1. The van der Waals surface area contributed by atoms with Crippen LogP contribution in [0.15, 0.2) is 17.5 Å². The van der Waals surface area contributed by atoms with Crippen molar-refractivity contribution < 1.29 is 9.90 Å². The van der Waals surface area contributed by atoms with Crippen molar-refractivity contribution >= 4 is 17.4 Å². The van der Waals surface area contributed by atoms with Crippen LogP contribution in [0.3, 0.4) is 0 Å². The van der Waals surface area contributed by atoms with Crippen molar-refractivity contribution in [3.05, 3.63) is 22.4 Å². The van der Waals surface area contributed by atoms with E-state index in [1.807, 2.05) is 17.5 Å². The Morgan fingerprint density at radius 2 is 2.24 bits per heavy atom. The molecule has 1 rings (SSSR count). The van der Waals surface area contributed by atoms with Crippen LogP contribution in [0.1, 0.15) is 31.7 Å². The molecule has 2 amide bonds. The molecule has 1 unspecified atom stereocenters. The number of carbonyl (C=O) groups excluding carboxylic acids is 1. The lowest BCUT2D eigenvalue weighted by Crippen LogP contribution is -2.43. The van der Waals surface area contributed by atoms with Gasteiger partial charge in [0.25, 0.3) is 0 Å². The maximum atomic E-state index is 11.6. The zero-order chi connectivity index (χ0) is 12.9. The van der Waals surface area contributed by atoms with E-state index in [1.165, 1.54) is 0 Å². The number of hydrogen-bond acceptors (Lipinski definition) is 3. The van der Waals surface area contributed by atoms with Crippen molar-refractivity contribution in [3.63, 3.8) is 0 Å². The first-order valence-corrected chi connectivity index (χ1v) is 6.51. The summed E-state index contributed by atoms with van der Waals surface area (Å²) in [6.45, 7) is 6.48. The zero-order valence-electron chi connectivity index (χ0n) is 10.5. The fourth-order valence-corrected chi connectivity index (χ4v) is 2.54. The van der Waals surface area contributed by atoms with Crippen LogP contribution in [-0.2, 0) is 0 Å². The second kappa shape index (κ2) is 6.02. The predicted molar refractivity (Wildman–Crippen MR) is 70.1 cm³/mol. The predicted octanol–water partition coefficient (Wildman–Crippen LogP) is 2.13. The van der Waals surface area contributed by atoms with Crippen molar-refractivity contribution in [1.29, 1.82) is 0 Å². The van der Waals surface area contributed by atoms with Gasteiger partial charge in [0.1, 0.15) is 0 Å². The molecular formula is C12H20N2O2S. The average Bonchev–Trinajstić information content (AvgIpc) is 2.74. The molecule has 0 spiro atoms. The van der Waals surface area contributed by atoms with Gasteiger partial charge in [-0.05, 0) is 16.9 Å². The molecule has 4 nitrogen and oxygen atoms in total. The maximum absolute atomic E-state index is 11.6. The van der Waals surface area contributed by atoms with E-state index >= 15 is 0 Å². The van der Waals surface area contributed by atoms with Crippen LogP contribution >= 0.6 is 11.3 Å². The summed E-state index contributed by atoms with van der Waals surface area (Å²) in [4.78, 5) is 12.8. The van der Waals surface area contributed by atoms with Gasteiger partial charge in [-0.1, -0.05) is 26.8 Å². The van der Waals surface area contributed by atoms with Gasteiger partial charge in [0.15, 0.2) is 0 Å². The van der Waals surface area contributed by atoms with Crippen LogP contribution in [0, 0.1) is 5.41 Å². The molecule has 0 radical (unpaired) electrons. The fraction of sp³-hybridized carbons (Fsp3) is 0.583. The molecule has 0 bridgehead atoms. The molecule has 0 aliphatic carbocycles. The van der Waals surface area contributed by atoms with Crippen molar-refractivity contribution in [3.8, 4) is 0 Å². The Morgan fingerprint density at radius 1 is 1.53 bits per heavy atom. The summed E-state index contributed by atoms with van der Waals surface area (Å²) < 4.78 is 0. The molecule has 1 aromatic rings. The van der Waals surface area contributed by atoms with Gasteiger partial charge in [0.05, 0.1) is 12.6 Å². The first-order valence-electron chi connectivity index (χ1n) is 5.64. The van der Waals surface area contributed by atoms with Gasteiger partial charge in [-0.2, -0.15) is 0 Å². The summed E-state index contributed by atoms with van der Waals surface area (Å²) in [5.41, 5.74) is -0.0542. The molecule has 0 aliphatic heterocycles. The minimum absolute atomic E-state index is 0.0267. The monoisotopic (exact) mass is 256 g/mol. The first-order chi connectivity index (χ1) is 7.95. The lowest BCUT2D eigenvalue weighted by molar-refractivity contribution is 0.215. The molecule has 0 saturated carbocycles. The average molecular weight is 256 g/mol. The van der Waals surface area contributed by atoms with Crippen LogP contribution in [0.4, 0.5) is 4.79 Å². The summed E-state index contributed by atoms with van der Waals surface area (Å²) >= 11 is 1.63. The summed E-state index contributed by atoms with van der Waals surface area (Å²) in [5, 5.41) is 16.2. The third kappa shape index (κ3) is 4.36. The van der Waals surface area contributed by atoms with E-state index in [0.29, 0.717) is 0 Å². The molecule has 3 N–H and O–H groups in total. The maximum Gasteiger partial charge on any atom is 0.315 e. The largest absolute Gasteiger partial charge is 0.395 e. The molecule has 1 heterocycles. The fourth-order valence-electron chi connectivity index (χ4n) is 1.52. The number of rotatable bonds is 4. The molecule has 0 aromatic carbocycles. The van der Waals surface area contributed by atoms with Crippen molar-refractivity contribution in [2.75, 3.05) is 13.2 Å². The topological polar surface area (TPSA) is 61.4 Å². The van der Waals surface area contributed by atoms with Crippen molar-refractivity contribution in [2.45, 2.75) is 26.8 Å². The van der Waals surface area contributed by atoms with E-state index in [1.54, 1.807) is 11.3 Å². The van der Waals surface area contributed by atoms with Crippen LogP contribution < -0.4 is 10.6 Å². The van der Waals surface area contributed by atoms with E-state index in [4.69, 9.17) is 5.11 Å². The van der Waals surface area contributed by atoms with Crippen LogP contribution in [0.5, 0.6) is 0 Å². The van der Waals surface area contributed by atoms with Gasteiger partial charge >= 0.3 is 6.03 Å². The molecule has 0 fully saturated rings. The molecule has 0 aliphatic rings. The standard InChI is InChI=1S/C12H20N2O2S/c1-12(2,3)10(9-5-4-8-17-9)14-11(16)13-6-7-15/h4-5,8,10,15H,6-7H2,1-3H3,(H2,13,14,16). The van der Waals surface area contributed by atoms with Gasteiger partial charge in [-0.15, -0.1) is 11.3 Å². The number of nitrogens with one attached hydrogen (secondary N) is 2. The lowest BCUT2D eigenvalue weighted by Gasteiger charge is -2.30. The Morgan fingerprint density at radius 3 is 2.71 bits per heavy atom. The highest BCUT2D eigenvalue weighted by Crippen LogP contribution is 2.34. The number of hydrogen-bond donors (Lipinski definition) is 3. The minimum Gasteiger partial charge on any atom is -0.395 e. The summed E-state index contributed by atoms with van der Waals surface area (Å²) in [5.74, 6) is 0. The van der Waals surface area contributed by atoms with E-state index in [9.17, 15) is 4.79 Å². The Labute approximate surface area is 106 Å². The molecular weight excluding hydrogens is 236 g/mol.